The SMILES string of the molecule is C[C@H](OC(=O)/C=C/c1ccc(C#N)cc1)C(=O)N1CCc2ccccc21. The van der Waals surface area contributed by atoms with Gasteiger partial charge in [0.15, 0.2) is 6.10 Å². The Bertz CT molecular complexity index is 894. The maximum Gasteiger partial charge on any atom is 0.331 e. The smallest absolute Gasteiger partial charge is 0.331 e. The lowest BCUT2D eigenvalue weighted by atomic mass is 10.1. The number of carbonyl (C=O) groups is 2. The Balaban J connectivity index is 1.59. The molecule has 1 heterocycles. The van der Waals surface area contributed by atoms with Crippen LogP contribution in [0.5, 0.6) is 0 Å². The van der Waals surface area contributed by atoms with Gasteiger partial charge >= 0.3 is 5.97 Å². The first-order chi connectivity index (χ1) is 12.6. The normalized spacial score (nSPS) is 13.9. The predicted octanol–water partition coefficient (Wildman–Crippen LogP) is 3.09. The van der Waals surface area contributed by atoms with E-state index in [2.05, 4.69) is 0 Å². The number of hydrogen-bond donors (Lipinski definition) is 0. The van der Waals surface area contributed by atoms with Crippen LogP contribution in [-0.4, -0.2) is 24.5 Å². The summed E-state index contributed by atoms with van der Waals surface area (Å²) in [4.78, 5) is 26.2. The minimum absolute atomic E-state index is 0.227. The van der Waals surface area contributed by atoms with E-state index in [1.807, 2.05) is 30.3 Å². The lowest BCUT2D eigenvalue weighted by molar-refractivity contribution is -0.149. The van der Waals surface area contributed by atoms with Crippen LogP contribution in [0.25, 0.3) is 6.08 Å². The van der Waals surface area contributed by atoms with Crippen LogP contribution < -0.4 is 4.90 Å². The van der Waals surface area contributed by atoms with Gasteiger partial charge in [0.2, 0.25) is 0 Å². The molecule has 1 amide bonds. The molecule has 2 aromatic rings. The number of esters is 1. The van der Waals surface area contributed by atoms with Gasteiger partial charge in [0.25, 0.3) is 5.91 Å². The average Bonchev–Trinajstić information content (AvgIpc) is 3.10. The van der Waals surface area contributed by atoms with Gasteiger partial charge in [-0.15, -0.1) is 0 Å². The number of nitrogens with zero attached hydrogens (tertiary/aromatic N) is 2. The van der Waals surface area contributed by atoms with Crippen molar-refractivity contribution in [2.24, 2.45) is 0 Å². The van der Waals surface area contributed by atoms with Crippen LogP contribution in [0.3, 0.4) is 0 Å². The fourth-order valence-corrected chi connectivity index (χ4v) is 2.88. The van der Waals surface area contributed by atoms with Crippen molar-refractivity contribution in [2.45, 2.75) is 19.4 Å². The van der Waals surface area contributed by atoms with Crippen molar-refractivity contribution in [1.29, 1.82) is 5.26 Å². The third-order valence-corrected chi connectivity index (χ3v) is 4.25. The third kappa shape index (κ3) is 3.81. The van der Waals surface area contributed by atoms with Crippen molar-refractivity contribution in [3.63, 3.8) is 0 Å². The molecule has 26 heavy (non-hydrogen) atoms. The molecule has 0 spiro atoms. The molecule has 0 N–H and O–H groups in total. The van der Waals surface area contributed by atoms with Crippen LogP contribution in [0.1, 0.15) is 23.6 Å². The van der Waals surface area contributed by atoms with Gasteiger partial charge in [-0.25, -0.2) is 4.79 Å². The van der Waals surface area contributed by atoms with Gasteiger partial charge in [0, 0.05) is 18.3 Å². The highest BCUT2D eigenvalue weighted by Gasteiger charge is 2.29. The molecule has 5 heteroatoms. The van der Waals surface area contributed by atoms with Crippen molar-refractivity contribution in [2.75, 3.05) is 11.4 Å². The maximum absolute atomic E-state index is 12.6. The second kappa shape index (κ2) is 7.66. The van der Waals surface area contributed by atoms with E-state index in [0.717, 1.165) is 23.2 Å². The Morgan fingerprint density at radius 1 is 1.19 bits per heavy atom. The highest BCUT2D eigenvalue weighted by atomic mass is 16.5. The van der Waals surface area contributed by atoms with Gasteiger partial charge < -0.3 is 9.64 Å². The summed E-state index contributed by atoms with van der Waals surface area (Å²) in [7, 11) is 0. The summed E-state index contributed by atoms with van der Waals surface area (Å²) in [5.41, 5.74) is 3.33. The summed E-state index contributed by atoms with van der Waals surface area (Å²) < 4.78 is 5.24. The molecular formula is C21H18N2O3. The zero-order valence-electron chi connectivity index (χ0n) is 14.4. The van der Waals surface area contributed by atoms with E-state index in [9.17, 15) is 9.59 Å². The molecule has 1 aliphatic heterocycles. The van der Waals surface area contributed by atoms with Gasteiger partial charge in [-0.05, 0) is 48.7 Å². The molecule has 0 fully saturated rings. The standard InChI is InChI=1S/C21H18N2O3/c1-15(21(25)23-13-12-18-4-2-3-5-19(18)23)26-20(24)11-10-16-6-8-17(14-22)9-7-16/h2-11,15H,12-13H2,1H3/b11-10+/t15-/m0/s1. The van der Waals surface area contributed by atoms with Crippen LogP contribution in [0.4, 0.5) is 5.69 Å². The topological polar surface area (TPSA) is 70.4 Å². The predicted molar refractivity (Wildman–Crippen MR) is 98.2 cm³/mol. The van der Waals surface area contributed by atoms with Crippen molar-refractivity contribution in [3.8, 4) is 6.07 Å². The maximum atomic E-state index is 12.6. The highest BCUT2D eigenvalue weighted by Crippen LogP contribution is 2.28. The van der Waals surface area contributed by atoms with E-state index in [1.165, 1.54) is 6.08 Å². The van der Waals surface area contributed by atoms with Crippen molar-refractivity contribution in [3.05, 3.63) is 71.3 Å². The molecule has 0 saturated heterocycles. The Kier molecular flexibility index (Phi) is 5.14. The van der Waals surface area contributed by atoms with E-state index in [0.29, 0.717) is 12.1 Å². The first-order valence-electron chi connectivity index (χ1n) is 8.36. The number of ether oxygens (including phenoxy) is 1. The van der Waals surface area contributed by atoms with Crippen molar-refractivity contribution >= 4 is 23.6 Å². The number of rotatable bonds is 4. The molecule has 0 bridgehead atoms. The number of benzene rings is 2. The van der Waals surface area contributed by atoms with Gasteiger partial charge in [-0.2, -0.15) is 5.26 Å². The number of carbonyl (C=O) groups excluding carboxylic acids is 2. The molecule has 0 unspecified atom stereocenters. The summed E-state index contributed by atoms with van der Waals surface area (Å²) in [6, 6.07) is 16.6. The number of amides is 1. The molecule has 5 nitrogen and oxygen atoms in total. The largest absolute Gasteiger partial charge is 0.449 e. The Labute approximate surface area is 152 Å². The van der Waals surface area contributed by atoms with Gasteiger partial charge in [0.1, 0.15) is 0 Å². The van der Waals surface area contributed by atoms with Crippen LogP contribution in [0.2, 0.25) is 0 Å². The molecule has 2 aromatic carbocycles. The molecule has 0 aliphatic carbocycles. The zero-order chi connectivity index (χ0) is 18.5. The van der Waals surface area contributed by atoms with Crippen molar-refractivity contribution in [1.82, 2.24) is 0 Å². The molecule has 0 radical (unpaired) electrons. The van der Waals surface area contributed by atoms with Gasteiger partial charge in [-0.3, -0.25) is 4.79 Å². The number of fused-ring (bicyclic) bond motifs is 1. The van der Waals surface area contributed by atoms with Crippen LogP contribution in [0, 0.1) is 11.3 Å². The summed E-state index contributed by atoms with van der Waals surface area (Å²) in [6.45, 7) is 2.18. The van der Waals surface area contributed by atoms with Crippen molar-refractivity contribution < 1.29 is 14.3 Å². The molecule has 0 saturated carbocycles. The summed E-state index contributed by atoms with van der Waals surface area (Å²) in [5.74, 6) is -0.808. The quantitative estimate of drug-likeness (QED) is 0.630. The molecule has 0 aromatic heterocycles. The fraction of sp³-hybridized carbons (Fsp3) is 0.190. The molecule has 130 valence electrons. The molecule has 1 aliphatic rings. The molecule has 1 atom stereocenters. The van der Waals surface area contributed by atoms with Crippen LogP contribution in [0.15, 0.2) is 54.6 Å². The Hall–Kier alpha value is -3.39. The third-order valence-electron chi connectivity index (χ3n) is 4.25. The minimum Gasteiger partial charge on any atom is -0.449 e. The molecule has 3 rings (SSSR count). The van der Waals surface area contributed by atoms with E-state index in [-0.39, 0.29) is 5.91 Å². The Morgan fingerprint density at radius 3 is 2.65 bits per heavy atom. The second-order valence-electron chi connectivity index (χ2n) is 6.01. The van der Waals surface area contributed by atoms with E-state index in [1.54, 1.807) is 42.2 Å². The monoisotopic (exact) mass is 346 g/mol. The number of hydrogen-bond acceptors (Lipinski definition) is 4. The van der Waals surface area contributed by atoms with Gasteiger partial charge in [0.05, 0.1) is 11.6 Å². The Morgan fingerprint density at radius 2 is 1.92 bits per heavy atom. The van der Waals surface area contributed by atoms with Crippen LogP contribution >= 0.6 is 0 Å². The van der Waals surface area contributed by atoms with E-state index in [4.69, 9.17) is 10.00 Å². The first-order valence-corrected chi connectivity index (χ1v) is 8.36. The van der Waals surface area contributed by atoms with E-state index < -0.39 is 12.1 Å². The first kappa shape index (κ1) is 17.4. The number of anilines is 1. The summed E-state index contributed by atoms with van der Waals surface area (Å²) in [6.07, 6.45) is 2.81. The lowest BCUT2D eigenvalue weighted by Gasteiger charge is -2.21. The zero-order valence-corrected chi connectivity index (χ0v) is 14.4. The lowest BCUT2D eigenvalue weighted by Crippen LogP contribution is -2.38. The second-order valence-corrected chi connectivity index (χ2v) is 6.01. The minimum atomic E-state index is -0.862. The highest BCUT2D eigenvalue weighted by molar-refractivity contribution is 6.00. The van der Waals surface area contributed by atoms with Gasteiger partial charge in [-0.1, -0.05) is 30.3 Å². The number of para-hydroxylation sites is 1. The summed E-state index contributed by atoms with van der Waals surface area (Å²) >= 11 is 0. The average molecular weight is 346 g/mol. The number of nitriles is 1. The van der Waals surface area contributed by atoms with Crippen LogP contribution in [-0.2, 0) is 20.7 Å². The summed E-state index contributed by atoms with van der Waals surface area (Å²) in [5, 5.41) is 8.77. The molecular weight excluding hydrogens is 328 g/mol. The van der Waals surface area contributed by atoms with E-state index >= 15 is 0 Å². The fourth-order valence-electron chi connectivity index (χ4n) is 2.88.